The number of benzene rings is 1. The van der Waals surface area contributed by atoms with E-state index in [1.165, 1.54) is 5.57 Å². The maximum atomic E-state index is 10.1. The molecule has 0 atom stereocenters. The van der Waals surface area contributed by atoms with Gasteiger partial charge in [0.15, 0.2) is 0 Å². The van der Waals surface area contributed by atoms with Crippen LogP contribution in [0.25, 0.3) is 0 Å². The van der Waals surface area contributed by atoms with E-state index in [4.69, 9.17) is 0 Å². The lowest BCUT2D eigenvalue weighted by Gasteiger charge is -2.22. The van der Waals surface area contributed by atoms with Gasteiger partial charge in [-0.3, -0.25) is 0 Å². The Balaban J connectivity index is 3.20. The fourth-order valence-electron chi connectivity index (χ4n) is 1.72. The molecule has 0 unspecified atom stereocenters. The zero-order chi connectivity index (χ0) is 13.9. The first-order valence-corrected chi connectivity index (χ1v) is 6.10. The van der Waals surface area contributed by atoms with Crippen LogP contribution in [-0.4, -0.2) is 10.2 Å². The quantitative estimate of drug-likeness (QED) is 0.621. The summed E-state index contributed by atoms with van der Waals surface area (Å²) in [4.78, 5) is 0. The Kier molecular flexibility index (Phi) is 4.23. The highest BCUT2D eigenvalue weighted by molar-refractivity contribution is 5.50. The molecule has 1 aromatic rings. The van der Waals surface area contributed by atoms with Crippen molar-refractivity contribution in [1.82, 2.24) is 0 Å². The van der Waals surface area contributed by atoms with Crippen LogP contribution < -0.4 is 0 Å². The van der Waals surface area contributed by atoms with Gasteiger partial charge in [-0.05, 0) is 32.4 Å². The van der Waals surface area contributed by atoms with Crippen LogP contribution in [0.1, 0.15) is 38.8 Å². The van der Waals surface area contributed by atoms with Crippen molar-refractivity contribution in [2.75, 3.05) is 0 Å². The van der Waals surface area contributed by atoms with Gasteiger partial charge in [-0.15, -0.1) is 6.58 Å². The smallest absolute Gasteiger partial charge is 0.120 e. The lowest BCUT2D eigenvalue weighted by atomic mass is 9.83. The van der Waals surface area contributed by atoms with Gasteiger partial charge in [0.25, 0.3) is 0 Å². The van der Waals surface area contributed by atoms with Gasteiger partial charge in [-0.25, -0.2) is 0 Å². The summed E-state index contributed by atoms with van der Waals surface area (Å²) in [5.74, 6) is 0.421. The third-order valence-electron chi connectivity index (χ3n) is 3.13. The molecule has 2 heteroatoms. The maximum absolute atomic E-state index is 10.1. The van der Waals surface area contributed by atoms with Crippen LogP contribution in [0, 0.1) is 0 Å². The van der Waals surface area contributed by atoms with E-state index in [1.54, 1.807) is 18.2 Å². The Morgan fingerprint density at radius 3 is 2.33 bits per heavy atom. The summed E-state index contributed by atoms with van der Waals surface area (Å²) < 4.78 is 0. The molecule has 0 spiro atoms. The molecule has 0 heterocycles. The third-order valence-corrected chi connectivity index (χ3v) is 3.13. The van der Waals surface area contributed by atoms with Crippen LogP contribution in [-0.2, 0) is 11.8 Å². The summed E-state index contributed by atoms with van der Waals surface area (Å²) in [6.07, 6.45) is 4.40. The number of hydrogen-bond acceptors (Lipinski definition) is 2. The lowest BCUT2D eigenvalue weighted by Crippen LogP contribution is -2.13. The molecule has 0 radical (unpaired) electrons. The second kappa shape index (κ2) is 5.30. The number of rotatable bonds is 4. The van der Waals surface area contributed by atoms with Gasteiger partial charge in [0.05, 0.1) is 0 Å². The topological polar surface area (TPSA) is 40.5 Å². The van der Waals surface area contributed by atoms with Gasteiger partial charge in [0.2, 0.25) is 0 Å². The van der Waals surface area contributed by atoms with Crippen LogP contribution >= 0.6 is 0 Å². The summed E-state index contributed by atoms with van der Waals surface area (Å²) in [7, 11) is 0. The minimum Gasteiger partial charge on any atom is -0.508 e. The first-order chi connectivity index (χ1) is 8.27. The highest BCUT2D eigenvalue weighted by Gasteiger charge is 2.21. The molecule has 1 aromatic carbocycles. The van der Waals surface area contributed by atoms with Crippen molar-refractivity contribution < 1.29 is 10.2 Å². The largest absolute Gasteiger partial charge is 0.508 e. The third kappa shape index (κ3) is 3.16. The Hall–Kier alpha value is -1.70. The minimum absolute atomic E-state index is 0.204. The van der Waals surface area contributed by atoms with Crippen LogP contribution in [0.4, 0.5) is 0 Å². The van der Waals surface area contributed by atoms with Crippen molar-refractivity contribution in [1.29, 1.82) is 0 Å². The summed E-state index contributed by atoms with van der Waals surface area (Å²) in [6, 6.07) is 3.26. The number of hydrogen-bond donors (Lipinski definition) is 2. The first-order valence-electron chi connectivity index (χ1n) is 6.10. The standard InChI is InChI=1S/C16H22O2/c1-6-16(4,5)13-10-14(17)12(9-15(13)18)8-7-11(2)3/h6-7,9-10,17-18H,1,8H2,2-5H3. The van der Waals surface area contributed by atoms with Crippen molar-refractivity contribution in [2.45, 2.75) is 39.5 Å². The Morgan fingerprint density at radius 1 is 1.22 bits per heavy atom. The number of allylic oxidation sites excluding steroid dienone is 3. The summed E-state index contributed by atoms with van der Waals surface area (Å²) in [5, 5.41) is 20.1. The zero-order valence-corrected chi connectivity index (χ0v) is 11.6. The molecular formula is C16H22O2. The molecular weight excluding hydrogens is 224 g/mol. The second-order valence-corrected chi connectivity index (χ2v) is 5.41. The summed E-state index contributed by atoms with van der Waals surface area (Å²) >= 11 is 0. The molecule has 0 aliphatic carbocycles. The normalized spacial score (nSPS) is 11.1. The highest BCUT2D eigenvalue weighted by atomic mass is 16.3. The van der Waals surface area contributed by atoms with E-state index in [9.17, 15) is 10.2 Å². The number of phenolic OH excluding ortho intramolecular Hbond substituents is 2. The van der Waals surface area contributed by atoms with E-state index >= 15 is 0 Å². The minimum atomic E-state index is -0.364. The fraction of sp³-hybridized carbons (Fsp3) is 0.375. The average molecular weight is 246 g/mol. The fourth-order valence-corrected chi connectivity index (χ4v) is 1.72. The molecule has 0 saturated carbocycles. The van der Waals surface area contributed by atoms with E-state index in [0.29, 0.717) is 12.0 Å². The Labute approximate surface area is 109 Å². The van der Waals surface area contributed by atoms with E-state index in [1.807, 2.05) is 33.8 Å². The van der Waals surface area contributed by atoms with Gasteiger partial charge in [0, 0.05) is 16.5 Å². The van der Waals surface area contributed by atoms with Gasteiger partial charge >= 0.3 is 0 Å². The number of phenols is 2. The summed E-state index contributed by atoms with van der Waals surface area (Å²) in [6.45, 7) is 11.7. The van der Waals surface area contributed by atoms with E-state index in [0.717, 1.165) is 5.56 Å². The monoisotopic (exact) mass is 246 g/mol. The van der Waals surface area contributed by atoms with Crippen LogP contribution in [0.15, 0.2) is 36.4 Å². The predicted octanol–water partition coefficient (Wildman–Crippen LogP) is 4.07. The van der Waals surface area contributed by atoms with Gasteiger partial charge in [-0.1, -0.05) is 31.6 Å². The molecule has 0 bridgehead atoms. The van der Waals surface area contributed by atoms with Crippen molar-refractivity contribution in [2.24, 2.45) is 0 Å². The maximum Gasteiger partial charge on any atom is 0.120 e. The van der Waals surface area contributed by atoms with Crippen molar-refractivity contribution in [3.8, 4) is 11.5 Å². The Bertz CT molecular complexity index is 478. The second-order valence-electron chi connectivity index (χ2n) is 5.41. The molecule has 2 N–H and O–H groups in total. The van der Waals surface area contributed by atoms with Crippen LogP contribution in [0.3, 0.4) is 0 Å². The van der Waals surface area contributed by atoms with Gasteiger partial charge in [0.1, 0.15) is 11.5 Å². The first kappa shape index (κ1) is 14.4. The lowest BCUT2D eigenvalue weighted by molar-refractivity contribution is 0.439. The SMILES string of the molecule is C=CC(C)(C)c1cc(O)c(CC=C(C)C)cc1O. The summed E-state index contributed by atoms with van der Waals surface area (Å²) in [5.41, 5.74) is 2.24. The van der Waals surface area contributed by atoms with Gasteiger partial charge < -0.3 is 10.2 Å². The molecule has 0 fully saturated rings. The van der Waals surface area contributed by atoms with Crippen molar-refractivity contribution >= 4 is 0 Å². The molecule has 18 heavy (non-hydrogen) atoms. The Morgan fingerprint density at radius 2 is 1.83 bits per heavy atom. The highest BCUT2D eigenvalue weighted by Crippen LogP contribution is 2.36. The van der Waals surface area contributed by atoms with Crippen LogP contribution in [0.2, 0.25) is 0 Å². The molecule has 2 nitrogen and oxygen atoms in total. The van der Waals surface area contributed by atoms with E-state index in [-0.39, 0.29) is 16.9 Å². The van der Waals surface area contributed by atoms with Gasteiger partial charge in [-0.2, -0.15) is 0 Å². The molecule has 0 aliphatic rings. The van der Waals surface area contributed by atoms with E-state index < -0.39 is 0 Å². The van der Waals surface area contributed by atoms with E-state index in [2.05, 4.69) is 6.58 Å². The predicted molar refractivity (Wildman–Crippen MR) is 76.1 cm³/mol. The molecule has 98 valence electrons. The van der Waals surface area contributed by atoms with Crippen LogP contribution in [0.5, 0.6) is 11.5 Å². The molecule has 0 amide bonds. The molecule has 1 rings (SSSR count). The van der Waals surface area contributed by atoms with Crippen molar-refractivity contribution in [3.05, 3.63) is 47.6 Å². The molecule has 0 aliphatic heterocycles. The average Bonchev–Trinajstić information content (AvgIpc) is 2.29. The molecule has 0 saturated heterocycles. The zero-order valence-electron chi connectivity index (χ0n) is 11.6. The van der Waals surface area contributed by atoms with Crippen molar-refractivity contribution in [3.63, 3.8) is 0 Å². The molecule has 0 aromatic heterocycles. The number of aromatic hydroxyl groups is 2.